The van der Waals surface area contributed by atoms with Gasteiger partial charge in [-0.05, 0) is 43.8 Å². The summed E-state index contributed by atoms with van der Waals surface area (Å²) in [6.07, 6.45) is 0. The number of likely N-dealkylation sites (N-methyl/N-ethyl adjacent to an activating group) is 1. The molecule has 3 rings (SSSR count). The fourth-order valence-corrected chi connectivity index (χ4v) is 3.83. The fraction of sp³-hybridized carbons (Fsp3) is 0.400. The van der Waals surface area contributed by atoms with E-state index in [2.05, 4.69) is 27.0 Å². The lowest BCUT2D eigenvalue weighted by molar-refractivity contribution is 0.0939. The molecule has 1 aromatic carbocycles. The second-order valence-electron chi connectivity index (χ2n) is 6.79. The number of nitrogens with zero attached hydrogens (tertiary/aromatic N) is 3. The molecule has 1 saturated heterocycles. The minimum absolute atomic E-state index is 0.0346. The predicted octanol–water partition coefficient (Wildman–Crippen LogP) is 4.16. The van der Waals surface area contributed by atoms with E-state index < -0.39 is 6.04 Å². The first-order chi connectivity index (χ1) is 13.4. The van der Waals surface area contributed by atoms with Crippen LogP contribution in [0.2, 0.25) is 10.3 Å². The number of hydrogen-bond donors (Lipinski definition) is 1. The van der Waals surface area contributed by atoms with E-state index in [1.54, 1.807) is 6.07 Å². The normalized spacial score (nSPS) is 16.1. The van der Waals surface area contributed by atoms with Crippen molar-refractivity contribution in [2.24, 2.45) is 0 Å². The lowest BCUT2D eigenvalue weighted by Gasteiger charge is -2.37. The molecule has 1 unspecified atom stereocenters. The van der Waals surface area contributed by atoms with E-state index in [1.165, 1.54) is 24.3 Å². The largest absolute Gasteiger partial charge is 0.369 e. The van der Waals surface area contributed by atoms with Crippen molar-refractivity contribution in [3.05, 3.63) is 57.6 Å². The molecule has 1 aliphatic heterocycles. The Morgan fingerprint density at radius 2 is 1.93 bits per heavy atom. The third kappa shape index (κ3) is 4.74. The van der Waals surface area contributed by atoms with Gasteiger partial charge in [-0.25, -0.2) is 9.37 Å². The summed E-state index contributed by atoms with van der Waals surface area (Å²) in [6.45, 7) is 8.63. The molecule has 0 bridgehead atoms. The van der Waals surface area contributed by atoms with Gasteiger partial charge in [0.15, 0.2) is 0 Å². The molecule has 1 aromatic heterocycles. The maximum atomic E-state index is 14.0. The Balaban J connectivity index is 1.80. The topological polar surface area (TPSA) is 48.5 Å². The van der Waals surface area contributed by atoms with Gasteiger partial charge in [0, 0.05) is 37.4 Å². The number of aromatic nitrogens is 1. The molecule has 2 aromatic rings. The second kappa shape index (κ2) is 9.07. The smallest absolute Gasteiger partial charge is 0.254 e. The average Bonchev–Trinajstić information content (AvgIpc) is 2.68. The lowest BCUT2D eigenvalue weighted by Crippen LogP contribution is -2.46. The summed E-state index contributed by atoms with van der Waals surface area (Å²) in [4.78, 5) is 21.1. The Morgan fingerprint density at radius 1 is 1.21 bits per heavy atom. The van der Waals surface area contributed by atoms with Crippen molar-refractivity contribution in [1.29, 1.82) is 0 Å². The third-order valence-electron chi connectivity index (χ3n) is 5.02. The van der Waals surface area contributed by atoms with E-state index in [0.717, 1.165) is 44.0 Å². The average molecular weight is 425 g/mol. The SMILES string of the molecule is CCN1CCN(c2ccc(F)cc2C(C)NC(=O)c2ccc(Cl)nc2Cl)CC1. The molecule has 28 heavy (non-hydrogen) atoms. The van der Waals surface area contributed by atoms with Gasteiger partial charge in [0.25, 0.3) is 5.91 Å². The van der Waals surface area contributed by atoms with Crippen molar-refractivity contribution in [3.63, 3.8) is 0 Å². The lowest BCUT2D eigenvalue weighted by atomic mass is 10.0. The first-order valence-electron chi connectivity index (χ1n) is 9.28. The van der Waals surface area contributed by atoms with Gasteiger partial charge in [-0.3, -0.25) is 4.79 Å². The molecular weight excluding hydrogens is 402 g/mol. The highest BCUT2D eigenvalue weighted by Gasteiger charge is 2.23. The van der Waals surface area contributed by atoms with Gasteiger partial charge in [0.2, 0.25) is 0 Å². The summed E-state index contributed by atoms with van der Waals surface area (Å²) in [5.41, 5.74) is 1.90. The molecule has 8 heteroatoms. The van der Waals surface area contributed by atoms with E-state index in [-0.39, 0.29) is 27.6 Å². The number of carbonyl (C=O) groups excluding carboxylic acids is 1. The van der Waals surface area contributed by atoms with Crippen LogP contribution in [0.3, 0.4) is 0 Å². The van der Waals surface area contributed by atoms with Gasteiger partial charge < -0.3 is 15.1 Å². The summed E-state index contributed by atoms with van der Waals surface area (Å²) < 4.78 is 14.0. The van der Waals surface area contributed by atoms with Crippen LogP contribution in [0.4, 0.5) is 10.1 Å². The van der Waals surface area contributed by atoms with Gasteiger partial charge in [0.05, 0.1) is 11.6 Å². The van der Waals surface area contributed by atoms with Gasteiger partial charge in [0.1, 0.15) is 16.1 Å². The molecule has 0 saturated carbocycles. The number of benzene rings is 1. The molecule has 1 N–H and O–H groups in total. The minimum Gasteiger partial charge on any atom is -0.369 e. The molecule has 1 atom stereocenters. The molecule has 5 nitrogen and oxygen atoms in total. The van der Waals surface area contributed by atoms with Crippen LogP contribution >= 0.6 is 23.2 Å². The van der Waals surface area contributed by atoms with Crippen LogP contribution in [-0.2, 0) is 0 Å². The summed E-state index contributed by atoms with van der Waals surface area (Å²) in [5, 5.41) is 3.14. The van der Waals surface area contributed by atoms with E-state index in [9.17, 15) is 9.18 Å². The van der Waals surface area contributed by atoms with Crippen LogP contribution in [-0.4, -0.2) is 48.5 Å². The molecule has 2 heterocycles. The Bertz CT molecular complexity index is 856. The number of pyridine rings is 1. The Hall–Kier alpha value is -1.89. The molecular formula is C20H23Cl2FN4O. The fourth-order valence-electron chi connectivity index (χ4n) is 3.40. The molecule has 1 aliphatic rings. The minimum atomic E-state index is -0.408. The number of anilines is 1. The molecule has 1 amide bonds. The van der Waals surface area contributed by atoms with Crippen molar-refractivity contribution in [2.75, 3.05) is 37.6 Å². The number of nitrogens with one attached hydrogen (secondary N) is 1. The van der Waals surface area contributed by atoms with Crippen molar-refractivity contribution in [3.8, 4) is 0 Å². The quantitative estimate of drug-likeness (QED) is 0.731. The Kier molecular flexibility index (Phi) is 6.75. The van der Waals surface area contributed by atoms with Crippen molar-refractivity contribution < 1.29 is 9.18 Å². The Morgan fingerprint density at radius 3 is 2.57 bits per heavy atom. The van der Waals surface area contributed by atoms with Crippen LogP contribution in [0, 0.1) is 5.82 Å². The molecule has 1 fully saturated rings. The number of amides is 1. The van der Waals surface area contributed by atoms with Crippen LogP contribution in [0.5, 0.6) is 0 Å². The summed E-state index contributed by atoms with van der Waals surface area (Å²) in [7, 11) is 0. The predicted molar refractivity (Wildman–Crippen MR) is 111 cm³/mol. The van der Waals surface area contributed by atoms with Crippen LogP contribution in [0.25, 0.3) is 0 Å². The second-order valence-corrected chi connectivity index (χ2v) is 7.54. The molecule has 0 radical (unpaired) electrons. The maximum Gasteiger partial charge on any atom is 0.254 e. The first-order valence-corrected chi connectivity index (χ1v) is 10.0. The van der Waals surface area contributed by atoms with Gasteiger partial charge in [-0.2, -0.15) is 0 Å². The van der Waals surface area contributed by atoms with Crippen molar-refractivity contribution >= 4 is 34.8 Å². The Labute approximate surface area is 174 Å². The highest BCUT2D eigenvalue weighted by molar-refractivity contribution is 6.34. The van der Waals surface area contributed by atoms with E-state index >= 15 is 0 Å². The van der Waals surface area contributed by atoms with E-state index in [1.807, 2.05) is 6.92 Å². The zero-order chi connectivity index (χ0) is 20.3. The number of piperazine rings is 1. The van der Waals surface area contributed by atoms with Gasteiger partial charge in [-0.15, -0.1) is 0 Å². The van der Waals surface area contributed by atoms with Crippen LogP contribution < -0.4 is 10.2 Å². The van der Waals surface area contributed by atoms with Crippen LogP contribution in [0.1, 0.15) is 35.8 Å². The first kappa shape index (κ1) is 20.8. The van der Waals surface area contributed by atoms with E-state index in [0.29, 0.717) is 0 Å². The monoisotopic (exact) mass is 424 g/mol. The maximum absolute atomic E-state index is 14.0. The highest BCUT2D eigenvalue weighted by atomic mass is 35.5. The molecule has 0 aliphatic carbocycles. The third-order valence-corrected chi connectivity index (χ3v) is 5.52. The molecule has 0 spiro atoms. The summed E-state index contributed by atoms with van der Waals surface area (Å²) >= 11 is 11.8. The zero-order valence-corrected chi connectivity index (χ0v) is 17.4. The van der Waals surface area contributed by atoms with Crippen molar-refractivity contribution in [1.82, 2.24) is 15.2 Å². The number of carbonyl (C=O) groups is 1. The standard InChI is InChI=1S/C20H23Cl2FN4O/c1-3-26-8-10-27(11-9-26)17-6-4-14(23)12-16(17)13(2)24-20(28)15-5-7-18(21)25-19(15)22/h4-7,12-13H,3,8-11H2,1-2H3,(H,24,28). The number of rotatable bonds is 5. The zero-order valence-electron chi connectivity index (χ0n) is 15.9. The molecule has 150 valence electrons. The van der Waals surface area contributed by atoms with Gasteiger partial charge in [-0.1, -0.05) is 30.1 Å². The van der Waals surface area contributed by atoms with E-state index in [4.69, 9.17) is 23.2 Å². The number of hydrogen-bond acceptors (Lipinski definition) is 4. The van der Waals surface area contributed by atoms with Gasteiger partial charge >= 0.3 is 0 Å². The number of halogens is 3. The highest BCUT2D eigenvalue weighted by Crippen LogP contribution is 2.29. The van der Waals surface area contributed by atoms with Crippen LogP contribution in [0.15, 0.2) is 30.3 Å². The van der Waals surface area contributed by atoms with Crippen molar-refractivity contribution in [2.45, 2.75) is 19.9 Å². The summed E-state index contributed by atoms with van der Waals surface area (Å²) in [6, 6.07) is 7.35. The summed E-state index contributed by atoms with van der Waals surface area (Å²) in [5.74, 6) is -0.717.